The third kappa shape index (κ3) is 0.971. The Morgan fingerprint density at radius 3 is 3.36 bits per heavy atom. The Hall–Kier alpha value is -1.17. The van der Waals surface area contributed by atoms with E-state index < -0.39 is 5.72 Å². The number of ether oxygens (including phenoxy) is 1. The van der Waals surface area contributed by atoms with Crippen LogP contribution < -0.4 is 0 Å². The number of fused-ring (bicyclic) bond motifs is 1. The minimum atomic E-state index is -1.33. The Kier molecular flexibility index (Phi) is 2.14. The lowest BCUT2D eigenvalue weighted by molar-refractivity contribution is -0.178. The fourth-order valence-electron chi connectivity index (χ4n) is 1.55. The van der Waals surface area contributed by atoms with Crippen molar-refractivity contribution in [3.8, 4) is 0 Å². The van der Waals surface area contributed by atoms with Crippen molar-refractivity contribution in [1.29, 1.82) is 0 Å². The van der Waals surface area contributed by atoms with Crippen LogP contribution in [0.25, 0.3) is 10.4 Å². The van der Waals surface area contributed by atoms with E-state index >= 15 is 0 Å². The number of thioether (sulfide) groups is 1. The Bertz CT molecular complexity index is 352. The molecule has 1 fully saturated rings. The second-order valence-corrected chi connectivity index (χ2v) is 3.99. The number of β-lactam (4-membered cyclic amide) rings is 1. The SMILES string of the molecule is CO[C@@]1(N=[N+]=[N-])C(=O)N2C=CCS[C@H]21. The highest BCUT2D eigenvalue weighted by molar-refractivity contribution is 8.00. The van der Waals surface area contributed by atoms with Crippen molar-refractivity contribution in [2.75, 3.05) is 12.9 Å². The molecule has 0 unspecified atom stereocenters. The minimum Gasteiger partial charge on any atom is -0.361 e. The molecule has 6 nitrogen and oxygen atoms in total. The van der Waals surface area contributed by atoms with E-state index in [4.69, 9.17) is 10.3 Å². The van der Waals surface area contributed by atoms with E-state index in [0.717, 1.165) is 5.75 Å². The predicted octanol–water partition coefficient (Wildman–Crippen LogP) is 1.07. The smallest absolute Gasteiger partial charge is 0.269 e. The summed E-state index contributed by atoms with van der Waals surface area (Å²) in [5.41, 5.74) is 7.06. The van der Waals surface area contributed by atoms with Crippen LogP contribution in [-0.4, -0.2) is 34.8 Å². The molecule has 74 valence electrons. The highest BCUT2D eigenvalue weighted by Crippen LogP contribution is 2.44. The van der Waals surface area contributed by atoms with Crippen molar-refractivity contribution in [1.82, 2.24) is 4.90 Å². The van der Waals surface area contributed by atoms with Crippen LogP contribution in [0.3, 0.4) is 0 Å². The van der Waals surface area contributed by atoms with Gasteiger partial charge in [0.15, 0.2) is 0 Å². The van der Waals surface area contributed by atoms with Gasteiger partial charge in [0.25, 0.3) is 11.6 Å². The molecule has 2 aliphatic rings. The summed E-state index contributed by atoms with van der Waals surface area (Å²) < 4.78 is 5.03. The first kappa shape index (κ1) is 9.39. The molecule has 0 aliphatic carbocycles. The molecule has 1 amide bonds. The summed E-state index contributed by atoms with van der Waals surface area (Å²) in [5, 5.41) is 3.24. The van der Waals surface area contributed by atoms with Gasteiger partial charge in [-0.3, -0.25) is 4.79 Å². The van der Waals surface area contributed by atoms with Crippen molar-refractivity contribution in [2.45, 2.75) is 11.1 Å². The van der Waals surface area contributed by atoms with Gasteiger partial charge in [-0.2, -0.15) is 0 Å². The van der Waals surface area contributed by atoms with Gasteiger partial charge in [0, 0.05) is 24.0 Å². The fraction of sp³-hybridized carbons (Fsp3) is 0.571. The van der Waals surface area contributed by atoms with Crippen molar-refractivity contribution < 1.29 is 9.53 Å². The second-order valence-electron chi connectivity index (χ2n) is 2.87. The van der Waals surface area contributed by atoms with E-state index in [9.17, 15) is 4.79 Å². The molecule has 0 aromatic carbocycles. The lowest BCUT2D eigenvalue weighted by atomic mass is 10.0. The zero-order valence-electron chi connectivity index (χ0n) is 7.45. The molecule has 0 saturated carbocycles. The van der Waals surface area contributed by atoms with Gasteiger partial charge in [-0.1, -0.05) is 6.08 Å². The number of methoxy groups -OCH3 is 1. The first-order valence-electron chi connectivity index (χ1n) is 3.98. The van der Waals surface area contributed by atoms with Crippen LogP contribution in [0, 0.1) is 0 Å². The maximum absolute atomic E-state index is 11.6. The number of rotatable bonds is 2. The van der Waals surface area contributed by atoms with Crippen molar-refractivity contribution >= 4 is 17.7 Å². The van der Waals surface area contributed by atoms with Gasteiger partial charge in [0.2, 0.25) is 0 Å². The normalized spacial score (nSPS) is 34.5. The molecule has 7 heteroatoms. The number of hydrogen-bond donors (Lipinski definition) is 0. The quantitative estimate of drug-likeness (QED) is 0.297. The summed E-state index contributed by atoms with van der Waals surface area (Å²) >= 11 is 1.52. The Labute approximate surface area is 84.5 Å². The van der Waals surface area contributed by atoms with Crippen LogP contribution in [0.4, 0.5) is 0 Å². The number of nitrogens with zero attached hydrogens (tertiary/aromatic N) is 4. The largest absolute Gasteiger partial charge is 0.361 e. The van der Waals surface area contributed by atoms with Crippen LogP contribution in [-0.2, 0) is 9.53 Å². The zero-order valence-corrected chi connectivity index (χ0v) is 8.27. The number of carbonyl (C=O) groups excluding carboxylic acids is 1. The maximum atomic E-state index is 11.6. The third-order valence-electron chi connectivity index (χ3n) is 2.25. The molecule has 0 spiro atoms. The standard InChI is InChI=1S/C7H8N4O2S/c1-13-7(9-10-8)5(12)11-3-2-4-14-6(7)11/h2-3,6H,4H2,1H3/t6-,7-/m0/s1. The first-order valence-corrected chi connectivity index (χ1v) is 5.03. The zero-order chi connectivity index (χ0) is 10.2. The number of hydrogen-bond acceptors (Lipinski definition) is 4. The monoisotopic (exact) mass is 212 g/mol. The highest BCUT2D eigenvalue weighted by atomic mass is 32.2. The van der Waals surface area contributed by atoms with Crippen LogP contribution >= 0.6 is 11.8 Å². The van der Waals surface area contributed by atoms with Crippen molar-refractivity contribution in [3.63, 3.8) is 0 Å². The van der Waals surface area contributed by atoms with E-state index in [1.165, 1.54) is 23.8 Å². The first-order chi connectivity index (χ1) is 6.76. The molecule has 0 N–H and O–H groups in total. The Morgan fingerprint density at radius 2 is 2.71 bits per heavy atom. The molecular formula is C7H8N4O2S. The van der Waals surface area contributed by atoms with E-state index in [0.29, 0.717) is 0 Å². The summed E-state index contributed by atoms with van der Waals surface area (Å²) in [4.78, 5) is 15.8. The van der Waals surface area contributed by atoms with Crippen LogP contribution in [0.15, 0.2) is 17.4 Å². The van der Waals surface area contributed by atoms with E-state index in [1.54, 1.807) is 6.20 Å². The van der Waals surface area contributed by atoms with Gasteiger partial charge in [-0.15, -0.1) is 11.8 Å². The lowest BCUT2D eigenvalue weighted by Gasteiger charge is -2.51. The van der Waals surface area contributed by atoms with Gasteiger partial charge in [-0.25, -0.2) is 0 Å². The van der Waals surface area contributed by atoms with Gasteiger partial charge in [0.05, 0.1) is 0 Å². The molecule has 14 heavy (non-hydrogen) atoms. The lowest BCUT2D eigenvalue weighted by Crippen LogP contribution is -2.71. The average Bonchev–Trinajstić information content (AvgIpc) is 2.25. The van der Waals surface area contributed by atoms with E-state index in [1.807, 2.05) is 6.08 Å². The summed E-state index contributed by atoms with van der Waals surface area (Å²) in [7, 11) is 1.38. The molecule has 0 bridgehead atoms. The minimum absolute atomic E-state index is 0.221. The van der Waals surface area contributed by atoms with E-state index in [-0.39, 0.29) is 11.3 Å². The van der Waals surface area contributed by atoms with E-state index in [2.05, 4.69) is 10.0 Å². The van der Waals surface area contributed by atoms with Gasteiger partial charge >= 0.3 is 0 Å². The van der Waals surface area contributed by atoms with Crippen molar-refractivity contribution in [2.24, 2.45) is 5.11 Å². The molecule has 0 radical (unpaired) electrons. The van der Waals surface area contributed by atoms with Crippen LogP contribution in [0.1, 0.15) is 0 Å². The second kappa shape index (κ2) is 3.20. The predicted molar refractivity (Wildman–Crippen MR) is 51.1 cm³/mol. The molecule has 1 saturated heterocycles. The number of amides is 1. The van der Waals surface area contributed by atoms with Gasteiger partial charge < -0.3 is 9.64 Å². The Balaban J connectivity index is 2.34. The summed E-state index contributed by atoms with van der Waals surface area (Å²) in [6.45, 7) is 0. The van der Waals surface area contributed by atoms with Crippen LogP contribution in [0.2, 0.25) is 0 Å². The van der Waals surface area contributed by atoms with Gasteiger partial charge in [0.1, 0.15) is 5.37 Å². The molecule has 2 rings (SSSR count). The van der Waals surface area contributed by atoms with Crippen molar-refractivity contribution in [3.05, 3.63) is 22.7 Å². The number of azide groups is 1. The summed E-state index contributed by atoms with van der Waals surface area (Å²) in [6.07, 6.45) is 3.59. The summed E-state index contributed by atoms with van der Waals surface area (Å²) in [6, 6.07) is 0. The van der Waals surface area contributed by atoms with Gasteiger partial charge in [-0.05, 0) is 10.6 Å². The molecule has 0 aromatic heterocycles. The molecule has 0 aromatic rings. The molecule has 2 atom stereocenters. The van der Waals surface area contributed by atoms with Crippen LogP contribution in [0.5, 0.6) is 0 Å². The Morgan fingerprint density at radius 1 is 1.93 bits per heavy atom. The average molecular weight is 212 g/mol. The fourth-order valence-corrected chi connectivity index (χ4v) is 2.73. The topological polar surface area (TPSA) is 78.3 Å². The molecule has 2 heterocycles. The highest BCUT2D eigenvalue weighted by Gasteiger charge is 2.62. The maximum Gasteiger partial charge on any atom is 0.269 e. The summed E-state index contributed by atoms with van der Waals surface area (Å²) in [5.74, 6) is 0.492. The molecular weight excluding hydrogens is 204 g/mol. The number of carbonyl (C=O) groups is 1. The molecule has 2 aliphatic heterocycles. The third-order valence-corrected chi connectivity index (χ3v) is 3.50.